The maximum atomic E-state index is 12.2. The minimum Gasteiger partial charge on any atom is -0.0455 e. The van der Waals surface area contributed by atoms with E-state index in [1.54, 1.807) is 0 Å². The first-order valence-corrected chi connectivity index (χ1v) is 17.5. The van der Waals surface area contributed by atoms with Crippen molar-refractivity contribution in [2.24, 2.45) is 20.5 Å². The Balaban J connectivity index is 2.00. The number of aromatic hydroxyl groups is 2. The van der Waals surface area contributed by atoms with Crippen molar-refractivity contribution in [3.8, 4) is 11.5 Å². The van der Waals surface area contributed by atoms with Crippen molar-refractivity contribution in [3.63, 3.8) is 0 Å². The van der Waals surface area contributed by atoms with Crippen LogP contribution in [-0.4, -0.2) is 69.6 Å². The van der Waals surface area contributed by atoms with Crippen LogP contribution in [0.5, 0.6) is 11.5 Å². The van der Waals surface area contributed by atoms with Gasteiger partial charge in [0.15, 0.2) is 0 Å². The Hall–Kier alpha value is -4.49. The molecule has 0 unspecified atom stereocenters. The van der Waals surface area contributed by atoms with Crippen LogP contribution in [-0.2, 0) is 24.0 Å². The molecule has 0 aliphatic carbocycles. The first kappa shape index (κ1) is 31.4. The Morgan fingerprint density at radius 3 is 1.67 bits per heavy atom. The van der Waals surface area contributed by atoms with E-state index in [1.165, 1.54) is 24.3 Å². The van der Waals surface area contributed by atoms with Gasteiger partial charge in [0, 0.05) is 0 Å². The van der Waals surface area contributed by atoms with Gasteiger partial charge in [-0.05, 0) is 24.3 Å². The molecule has 4 aromatic carbocycles. The zero-order chi connectivity index (χ0) is 31.9. The largest absolute Gasteiger partial charge is 0.0455 e. The van der Waals surface area contributed by atoms with Crippen LogP contribution in [0, 0.1) is 0 Å². The molecule has 7 N–H and O–H groups in total. The van der Waals surface area contributed by atoms with Gasteiger partial charge < -0.3 is 5.11 Å². The molecular weight excluding hydrogens is 679 g/mol. The zero-order valence-corrected chi connectivity index (χ0v) is 24.4. The van der Waals surface area contributed by atoms with E-state index in [0.717, 1.165) is 24.3 Å². The molecule has 43 heavy (non-hydrogen) atoms. The number of aromatic carboxylic acids is 1. The van der Waals surface area contributed by atoms with Gasteiger partial charge in [-0.3, -0.25) is 0 Å². The van der Waals surface area contributed by atoms with Gasteiger partial charge in [0.2, 0.25) is 0 Å². The van der Waals surface area contributed by atoms with Crippen LogP contribution in [0.3, 0.4) is 0 Å². The number of phenolic OH excluding ortho intramolecular Hbond substituents is 2. The van der Waals surface area contributed by atoms with E-state index in [0.29, 0.717) is 12.1 Å². The fraction of sp³-hybridized carbons (Fsp3) is 0. The molecular formula is C23H17AsN4O13S2. The van der Waals surface area contributed by atoms with Crippen LogP contribution in [0.2, 0.25) is 0 Å². The number of rotatable bonds is 8. The molecule has 0 aliphatic rings. The quantitative estimate of drug-likeness (QED) is 0.0793. The van der Waals surface area contributed by atoms with E-state index in [-0.39, 0.29) is 11.3 Å². The molecule has 0 aromatic heterocycles. The number of hydrogen-bond acceptors (Lipinski definition) is 12. The maximum absolute atomic E-state index is 12.2. The SMILES string of the molecule is O=C(O)c1ccc(N=Nc2c(S(=O)(=O)O)cc3cc(S(=O)(=O)O)c(N=Nc4ccccc4[As](=O)(O)O)c(O)c3c2O)cc1. The maximum Gasteiger partial charge on any atom is -0.0337 e. The molecule has 0 radical (unpaired) electrons. The van der Waals surface area contributed by atoms with Crippen LogP contribution in [0.15, 0.2) is 90.9 Å². The monoisotopic (exact) mass is 696 g/mol. The number of carbonyl (C=O) groups is 1. The van der Waals surface area contributed by atoms with Gasteiger partial charge >= 0.3 is 204 Å². The van der Waals surface area contributed by atoms with Crippen LogP contribution < -0.4 is 4.35 Å². The molecule has 0 bridgehead atoms. The van der Waals surface area contributed by atoms with E-state index in [9.17, 15) is 52.9 Å². The second-order valence-corrected chi connectivity index (χ2v) is 14.6. The predicted octanol–water partition coefficient (Wildman–Crippen LogP) is 2.83. The van der Waals surface area contributed by atoms with Gasteiger partial charge in [-0.1, -0.05) is 0 Å². The number of benzene rings is 4. The third kappa shape index (κ3) is 6.62. The van der Waals surface area contributed by atoms with Gasteiger partial charge in [0.05, 0.1) is 5.56 Å². The van der Waals surface area contributed by atoms with E-state index in [4.69, 9.17) is 5.11 Å². The third-order valence-electron chi connectivity index (χ3n) is 5.64. The summed E-state index contributed by atoms with van der Waals surface area (Å²) in [5.41, 5.74) is -2.53. The summed E-state index contributed by atoms with van der Waals surface area (Å²) in [5.74, 6) is -3.61. The van der Waals surface area contributed by atoms with Crippen LogP contribution in [0.25, 0.3) is 10.8 Å². The topological polar surface area (TPSA) is 293 Å². The van der Waals surface area contributed by atoms with Gasteiger partial charge in [-0.25, -0.2) is 4.79 Å². The van der Waals surface area contributed by atoms with Gasteiger partial charge in [-0.15, -0.1) is 0 Å². The summed E-state index contributed by atoms with van der Waals surface area (Å²) in [5, 5.41) is 44.2. The van der Waals surface area contributed by atoms with Crippen LogP contribution in [0.4, 0.5) is 22.7 Å². The Morgan fingerprint density at radius 2 is 1.21 bits per heavy atom. The number of phenols is 2. The van der Waals surface area contributed by atoms with E-state index < -0.39 is 93.9 Å². The number of hydrogen-bond donors (Lipinski definition) is 7. The molecule has 0 saturated heterocycles. The summed E-state index contributed by atoms with van der Waals surface area (Å²) in [6.45, 7) is 0. The van der Waals surface area contributed by atoms with E-state index in [2.05, 4.69) is 20.5 Å². The molecule has 224 valence electrons. The fourth-order valence-corrected chi connectivity index (χ4v) is 6.50. The number of carboxylic acid groups (broad SMARTS) is 1. The second kappa shape index (κ2) is 11.3. The Morgan fingerprint density at radius 1 is 0.721 bits per heavy atom. The molecule has 20 heteroatoms. The minimum absolute atomic E-state index is 0.0310. The average Bonchev–Trinajstić information content (AvgIpc) is 2.90. The smallest absolute Gasteiger partial charge is 0.0337 e. The zero-order valence-electron chi connectivity index (χ0n) is 20.9. The van der Waals surface area contributed by atoms with Gasteiger partial charge in [0.25, 0.3) is 0 Å². The molecule has 4 rings (SSSR count). The Kier molecular flexibility index (Phi) is 8.26. The number of fused-ring (bicyclic) bond motifs is 1. The summed E-state index contributed by atoms with van der Waals surface area (Å²) in [6, 6.07) is 10.6. The third-order valence-corrected chi connectivity index (χ3v) is 9.48. The van der Waals surface area contributed by atoms with Crippen molar-refractivity contribution in [1.82, 2.24) is 0 Å². The van der Waals surface area contributed by atoms with Crippen molar-refractivity contribution >= 4 is 78.3 Å². The summed E-state index contributed by atoms with van der Waals surface area (Å²) >= 11 is -5.59. The Labute approximate surface area is 243 Å². The van der Waals surface area contributed by atoms with Crippen molar-refractivity contribution in [2.75, 3.05) is 0 Å². The molecule has 0 atom stereocenters. The first-order valence-electron chi connectivity index (χ1n) is 11.2. The summed E-state index contributed by atoms with van der Waals surface area (Å²) in [7, 11) is -10.5. The predicted molar refractivity (Wildman–Crippen MR) is 146 cm³/mol. The number of carboxylic acids is 1. The van der Waals surface area contributed by atoms with Crippen LogP contribution >= 0.6 is 0 Å². The van der Waals surface area contributed by atoms with Gasteiger partial charge in [-0.2, -0.15) is 0 Å². The molecule has 0 amide bonds. The number of nitrogens with zero attached hydrogens (tertiary/aromatic N) is 4. The molecule has 0 heterocycles. The molecule has 17 nitrogen and oxygen atoms in total. The summed E-state index contributed by atoms with van der Waals surface area (Å²) in [6.07, 6.45) is 0. The molecule has 0 saturated carbocycles. The second-order valence-electron chi connectivity index (χ2n) is 8.48. The van der Waals surface area contributed by atoms with E-state index in [1.807, 2.05) is 0 Å². The van der Waals surface area contributed by atoms with Gasteiger partial charge in [0.1, 0.15) is 0 Å². The van der Waals surface area contributed by atoms with Crippen molar-refractivity contribution in [3.05, 3.63) is 66.2 Å². The minimum atomic E-state index is -5.59. The molecule has 0 aliphatic heterocycles. The fourth-order valence-electron chi connectivity index (χ4n) is 3.72. The normalized spacial score (nSPS) is 12.8. The van der Waals surface area contributed by atoms with Crippen molar-refractivity contribution in [2.45, 2.75) is 9.79 Å². The van der Waals surface area contributed by atoms with Crippen LogP contribution in [0.1, 0.15) is 10.4 Å². The summed E-state index contributed by atoms with van der Waals surface area (Å²) in [4.78, 5) is 8.78. The Bertz CT molecular complexity index is 2130. The first-order chi connectivity index (χ1) is 19.9. The summed E-state index contributed by atoms with van der Waals surface area (Å²) < 4.78 is 98.7. The number of azo groups is 2. The van der Waals surface area contributed by atoms with Crippen molar-refractivity contribution < 1.29 is 58.0 Å². The molecule has 0 spiro atoms. The molecule has 4 aromatic rings. The standard InChI is InChI=1S/C23H17AsN4O13S2/c29-21-18-12(9-16(42(36,37)38)19(21)27-25-13-7-5-11(6-8-13)23(31)32)10-17(43(39,40)41)20(22(18)30)28-26-15-4-2-1-3-14(15)24(33,34)35/h1-10,29-30H,(H,31,32)(H2,33,34,35)(H,36,37,38)(H,39,40,41). The average molecular weight is 696 g/mol. The van der Waals surface area contributed by atoms with Crippen molar-refractivity contribution in [1.29, 1.82) is 0 Å². The molecule has 0 fully saturated rings. The van der Waals surface area contributed by atoms with E-state index >= 15 is 0 Å².